The Morgan fingerprint density at radius 3 is 2.53 bits per heavy atom. The summed E-state index contributed by atoms with van der Waals surface area (Å²) in [6.45, 7) is 5.91. The van der Waals surface area contributed by atoms with E-state index in [0.717, 1.165) is 11.3 Å². The van der Waals surface area contributed by atoms with Gasteiger partial charge in [-0.2, -0.15) is 0 Å². The molecule has 1 aromatic rings. The molecule has 0 saturated carbocycles. The van der Waals surface area contributed by atoms with Crippen LogP contribution in [-0.4, -0.2) is 42.2 Å². The summed E-state index contributed by atoms with van der Waals surface area (Å²) in [6.07, 6.45) is 0. The molecule has 4 nitrogen and oxygen atoms in total. The van der Waals surface area contributed by atoms with Crippen molar-refractivity contribution in [3.63, 3.8) is 0 Å². The molecule has 1 atom stereocenters. The summed E-state index contributed by atoms with van der Waals surface area (Å²) < 4.78 is 5.60. The van der Waals surface area contributed by atoms with Crippen molar-refractivity contribution < 1.29 is 14.6 Å². The average Bonchev–Trinajstić information content (AvgIpc) is 2.43. The van der Waals surface area contributed by atoms with E-state index in [0.29, 0.717) is 5.92 Å². The lowest BCUT2D eigenvalue weighted by molar-refractivity contribution is -0.134. The lowest BCUT2D eigenvalue weighted by Crippen LogP contribution is -2.40. The molecule has 0 spiro atoms. The molecule has 106 valence electrons. The van der Waals surface area contributed by atoms with Crippen molar-refractivity contribution in [3.05, 3.63) is 29.8 Å². The van der Waals surface area contributed by atoms with Gasteiger partial charge in [0.25, 0.3) is 5.91 Å². The van der Waals surface area contributed by atoms with Crippen LogP contribution in [0.1, 0.15) is 32.3 Å². The monoisotopic (exact) mass is 265 g/mol. The number of hydrogen-bond donors (Lipinski definition) is 1. The zero-order chi connectivity index (χ0) is 14.4. The normalized spacial score (nSPS) is 12.3. The van der Waals surface area contributed by atoms with Gasteiger partial charge in [0.2, 0.25) is 0 Å². The third-order valence-corrected chi connectivity index (χ3v) is 3.21. The second-order valence-electron chi connectivity index (χ2n) is 5.02. The molecule has 1 rings (SSSR count). The summed E-state index contributed by atoms with van der Waals surface area (Å²) in [5.41, 5.74) is 1.09. The minimum Gasteiger partial charge on any atom is -0.483 e. The van der Waals surface area contributed by atoms with E-state index in [1.807, 2.05) is 24.3 Å². The molecular formula is C15H23NO3. The Morgan fingerprint density at radius 2 is 1.95 bits per heavy atom. The minimum absolute atomic E-state index is 0.00935. The van der Waals surface area contributed by atoms with Crippen molar-refractivity contribution in [1.82, 2.24) is 4.90 Å². The topological polar surface area (TPSA) is 49.8 Å². The molecule has 19 heavy (non-hydrogen) atoms. The van der Waals surface area contributed by atoms with Crippen molar-refractivity contribution >= 4 is 5.91 Å². The first kappa shape index (κ1) is 15.5. The highest BCUT2D eigenvalue weighted by Gasteiger charge is 2.16. The number of rotatable bonds is 6. The second-order valence-corrected chi connectivity index (χ2v) is 5.02. The first-order valence-corrected chi connectivity index (χ1v) is 6.55. The van der Waals surface area contributed by atoms with E-state index in [1.54, 1.807) is 14.0 Å². The Kier molecular flexibility index (Phi) is 5.83. The molecule has 0 saturated heterocycles. The average molecular weight is 265 g/mol. The molecule has 1 amide bonds. The molecule has 0 aliphatic heterocycles. The quantitative estimate of drug-likeness (QED) is 0.856. The van der Waals surface area contributed by atoms with Crippen molar-refractivity contribution in [2.45, 2.75) is 32.7 Å². The fourth-order valence-corrected chi connectivity index (χ4v) is 1.70. The fraction of sp³-hybridized carbons (Fsp3) is 0.533. The van der Waals surface area contributed by atoms with Crippen LogP contribution >= 0.6 is 0 Å². The molecule has 1 unspecified atom stereocenters. The summed E-state index contributed by atoms with van der Waals surface area (Å²) >= 11 is 0. The van der Waals surface area contributed by atoms with Gasteiger partial charge >= 0.3 is 0 Å². The Labute approximate surface area is 115 Å². The van der Waals surface area contributed by atoms with Crippen LogP contribution in [0.5, 0.6) is 5.75 Å². The number of aliphatic hydroxyl groups is 1. The van der Waals surface area contributed by atoms with Crippen molar-refractivity contribution in [3.8, 4) is 5.75 Å². The maximum Gasteiger partial charge on any atom is 0.260 e. The maximum atomic E-state index is 11.9. The fourth-order valence-electron chi connectivity index (χ4n) is 1.70. The lowest BCUT2D eigenvalue weighted by Gasteiger charge is -2.23. The number of carbonyl (C=O) groups excluding carboxylic acids is 1. The van der Waals surface area contributed by atoms with Gasteiger partial charge in [-0.05, 0) is 24.5 Å². The van der Waals surface area contributed by atoms with Gasteiger partial charge in [0.15, 0.2) is 6.61 Å². The van der Waals surface area contributed by atoms with Crippen LogP contribution in [0.2, 0.25) is 0 Å². The molecule has 0 aliphatic rings. The van der Waals surface area contributed by atoms with Gasteiger partial charge in [0.05, 0.1) is 12.6 Å². The summed E-state index contributed by atoms with van der Waals surface area (Å²) in [4.78, 5) is 13.4. The van der Waals surface area contributed by atoms with Crippen LogP contribution in [0.25, 0.3) is 0 Å². The lowest BCUT2D eigenvalue weighted by atomic mass is 10.0. The highest BCUT2D eigenvalue weighted by Crippen LogP contribution is 2.25. The molecule has 0 fully saturated rings. The van der Waals surface area contributed by atoms with E-state index in [4.69, 9.17) is 9.84 Å². The molecule has 0 aliphatic carbocycles. The predicted molar refractivity (Wildman–Crippen MR) is 75.3 cm³/mol. The number of para-hydroxylation sites is 1. The smallest absolute Gasteiger partial charge is 0.260 e. The predicted octanol–water partition coefficient (Wildman–Crippen LogP) is 2.03. The van der Waals surface area contributed by atoms with Gasteiger partial charge in [-0.25, -0.2) is 0 Å². The SMILES string of the molecule is CC(C)c1ccccc1OCC(=O)N(C)C(C)CO. The largest absolute Gasteiger partial charge is 0.483 e. The van der Waals surface area contributed by atoms with Crippen LogP contribution in [-0.2, 0) is 4.79 Å². The van der Waals surface area contributed by atoms with Gasteiger partial charge in [0.1, 0.15) is 5.75 Å². The zero-order valence-corrected chi connectivity index (χ0v) is 12.1. The number of ether oxygens (including phenoxy) is 1. The van der Waals surface area contributed by atoms with E-state index in [2.05, 4.69) is 13.8 Å². The zero-order valence-electron chi connectivity index (χ0n) is 12.1. The van der Waals surface area contributed by atoms with Gasteiger partial charge in [-0.3, -0.25) is 4.79 Å². The van der Waals surface area contributed by atoms with E-state index in [-0.39, 0.29) is 25.2 Å². The first-order valence-electron chi connectivity index (χ1n) is 6.55. The van der Waals surface area contributed by atoms with Crippen molar-refractivity contribution in [2.24, 2.45) is 0 Å². The first-order chi connectivity index (χ1) is 8.97. The Morgan fingerprint density at radius 1 is 1.32 bits per heavy atom. The minimum atomic E-state index is -0.198. The van der Waals surface area contributed by atoms with Crippen LogP contribution in [0.4, 0.5) is 0 Å². The van der Waals surface area contributed by atoms with Gasteiger partial charge in [-0.15, -0.1) is 0 Å². The molecular weight excluding hydrogens is 242 g/mol. The van der Waals surface area contributed by atoms with E-state index in [9.17, 15) is 4.79 Å². The Bertz CT molecular complexity index is 418. The number of amides is 1. The number of likely N-dealkylation sites (N-methyl/N-ethyl adjacent to an activating group) is 1. The van der Waals surface area contributed by atoms with Crippen molar-refractivity contribution in [2.75, 3.05) is 20.3 Å². The van der Waals surface area contributed by atoms with E-state index >= 15 is 0 Å². The van der Waals surface area contributed by atoms with Gasteiger partial charge in [-0.1, -0.05) is 32.0 Å². The summed E-state index contributed by atoms with van der Waals surface area (Å²) in [7, 11) is 1.67. The summed E-state index contributed by atoms with van der Waals surface area (Å²) in [5.74, 6) is 0.955. The molecule has 0 aromatic heterocycles. The van der Waals surface area contributed by atoms with Gasteiger partial charge < -0.3 is 14.7 Å². The summed E-state index contributed by atoms with van der Waals surface area (Å²) in [5, 5.41) is 9.02. The van der Waals surface area contributed by atoms with E-state index < -0.39 is 0 Å². The Balaban J connectivity index is 2.65. The van der Waals surface area contributed by atoms with Crippen LogP contribution in [0.3, 0.4) is 0 Å². The van der Waals surface area contributed by atoms with Crippen molar-refractivity contribution in [1.29, 1.82) is 0 Å². The third kappa shape index (κ3) is 4.24. The Hall–Kier alpha value is -1.55. The highest BCUT2D eigenvalue weighted by molar-refractivity contribution is 5.77. The number of hydrogen-bond acceptors (Lipinski definition) is 3. The highest BCUT2D eigenvalue weighted by atomic mass is 16.5. The number of carbonyl (C=O) groups is 1. The molecule has 1 aromatic carbocycles. The third-order valence-electron chi connectivity index (χ3n) is 3.21. The van der Waals surface area contributed by atoms with Gasteiger partial charge in [0, 0.05) is 7.05 Å². The number of aliphatic hydroxyl groups excluding tert-OH is 1. The molecule has 0 heterocycles. The summed E-state index contributed by atoms with van der Waals surface area (Å²) in [6, 6.07) is 7.54. The molecule has 0 radical (unpaired) electrons. The molecule has 4 heteroatoms. The molecule has 1 N–H and O–H groups in total. The van der Waals surface area contributed by atoms with Crippen LogP contribution < -0.4 is 4.74 Å². The van der Waals surface area contributed by atoms with Crippen LogP contribution in [0, 0.1) is 0 Å². The second kappa shape index (κ2) is 7.14. The maximum absolute atomic E-state index is 11.9. The number of nitrogens with zero attached hydrogens (tertiary/aromatic N) is 1. The molecule has 0 bridgehead atoms. The van der Waals surface area contributed by atoms with Crippen LogP contribution in [0.15, 0.2) is 24.3 Å². The standard InChI is InChI=1S/C15H23NO3/c1-11(2)13-7-5-6-8-14(13)19-10-15(18)16(4)12(3)9-17/h5-8,11-12,17H,9-10H2,1-4H3. The number of benzene rings is 1. The van der Waals surface area contributed by atoms with E-state index in [1.165, 1.54) is 4.90 Å².